The van der Waals surface area contributed by atoms with Crippen LogP contribution in [0.1, 0.15) is 6.42 Å². The van der Waals surface area contributed by atoms with Crippen LogP contribution in [-0.4, -0.2) is 65.4 Å². The molecule has 24 heavy (non-hydrogen) atoms. The van der Waals surface area contributed by atoms with Gasteiger partial charge in [-0.15, -0.1) is 4.98 Å². The van der Waals surface area contributed by atoms with Crippen LogP contribution < -0.4 is 24.4 Å². The van der Waals surface area contributed by atoms with E-state index in [2.05, 4.69) is 30.2 Å². The lowest BCUT2D eigenvalue weighted by Gasteiger charge is -2.17. The molecule has 128 valence electrons. The van der Waals surface area contributed by atoms with Crippen molar-refractivity contribution in [3.8, 4) is 17.9 Å². The molecule has 1 aliphatic rings. The maximum absolute atomic E-state index is 5.10. The van der Waals surface area contributed by atoms with E-state index in [9.17, 15) is 0 Å². The van der Waals surface area contributed by atoms with Crippen LogP contribution in [0.15, 0.2) is 12.4 Å². The number of nitrogens with one attached hydrogen (secondary N) is 1. The van der Waals surface area contributed by atoms with Crippen molar-refractivity contribution < 1.29 is 14.2 Å². The molecule has 0 amide bonds. The highest BCUT2D eigenvalue weighted by Crippen LogP contribution is 2.22. The van der Waals surface area contributed by atoms with Gasteiger partial charge in [0.05, 0.1) is 21.3 Å². The number of hydrogen-bond acceptors (Lipinski definition) is 10. The number of nitrogens with zero attached hydrogens (tertiary/aromatic N) is 6. The van der Waals surface area contributed by atoms with Gasteiger partial charge in [-0.1, -0.05) is 0 Å². The van der Waals surface area contributed by atoms with E-state index in [0.29, 0.717) is 11.8 Å². The van der Waals surface area contributed by atoms with Gasteiger partial charge in [-0.25, -0.2) is 9.97 Å². The maximum Gasteiger partial charge on any atom is 0.324 e. The number of aromatic nitrogens is 5. The maximum atomic E-state index is 5.10. The fourth-order valence-electron chi connectivity index (χ4n) is 2.45. The molecule has 0 spiro atoms. The monoisotopic (exact) mass is 333 g/mol. The Labute approximate surface area is 139 Å². The number of hydrogen-bond donors (Lipinski definition) is 1. The molecular weight excluding hydrogens is 314 g/mol. The van der Waals surface area contributed by atoms with Crippen LogP contribution in [-0.2, 0) is 0 Å². The van der Waals surface area contributed by atoms with Crippen LogP contribution in [0.3, 0.4) is 0 Å². The summed E-state index contributed by atoms with van der Waals surface area (Å²) in [5, 5.41) is 3.37. The van der Waals surface area contributed by atoms with E-state index in [1.54, 1.807) is 13.2 Å². The highest BCUT2D eigenvalue weighted by molar-refractivity contribution is 5.41. The van der Waals surface area contributed by atoms with E-state index in [-0.39, 0.29) is 18.1 Å². The fourth-order valence-corrected chi connectivity index (χ4v) is 2.45. The molecule has 0 saturated carbocycles. The van der Waals surface area contributed by atoms with Gasteiger partial charge in [-0.2, -0.15) is 9.97 Å². The topological polar surface area (TPSA) is 107 Å². The van der Waals surface area contributed by atoms with Crippen molar-refractivity contribution >= 4 is 11.8 Å². The summed E-state index contributed by atoms with van der Waals surface area (Å²) in [6.45, 7) is 1.53. The predicted octanol–water partition coefficient (Wildman–Crippen LogP) is 0.378. The molecular formula is C14H19N7O3. The van der Waals surface area contributed by atoms with Crippen molar-refractivity contribution in [3.05, 3.63) is 12.4 Å². The number of anilines is 2. The Morgan fingerprint density at radius 2 is 1.79 bits per heavy atom. The van der Waals surface area contributed by atoms with Gasteiger partial charge in [-0.3, -0.25) is 0 Å². The summed E-state index contributed by atoms with van der Waals surface area (Å²) in [5.41, 5.74) is 0. The second kappa shape index (κ2) is 7.11. The molecule has 1 atom stereocenters. The lowest BCUT2D eigenvalue weighted by Crippen LogP contribution is -2.27. The Morgan fingerprint density at radius 3 is 2.46 bits per heavy atom. The molecule has 0 radical (unpaired) electrons. The molecule has 10 nitrogen and oxygen atoms in total. The minimum atomic E-state index is 0.207. The summed E-state index contributed by atoms with van der Waals surface area (Å²) >= 11 is 0. The van der Waals surface area contributed by atoms with Gasteiger partial charge in [0.15, 0.2) is 0 Å². The van der Waals surface area contributed by atoms with E-state index < -0.39 is 0 Å². The average Bonchev–Trinajstić information content (AvgIpc) is 3.09. The molecule has 0 bridgehead atoms. The number of rotatable bonds is 6. The van der Waals surface area contributed by atoms with E-state index in [0.717, 1.165) is 25.3 Å². The van der Waals surface area contributed by atoms with E-state index in [1.807, 2.05) is 4.90 Å². The molecule has 2 aromatic rings. The second-order valence-corrected chi connectivity index (χ2v) is 5.13. The van der Waals surface area contributed by atoms with E-state index in [1.165, 1.54) is 20.5 Å². The summed E-state index contributed by atoms with van der Waals surface area (Å²) in [7, 11) is 4.59. The largest absolute Gasteiger partial charge is 0.481 e. The molecule has 1 aliphatic heterocycles. The standard InChI is InChI=1S/C14H19N7O3/c1-22-11-6-10(15-8-16-11)17-9-4-5-21(7-9)12-18-13(23-2)20-14(19-12)24-3/h6,8-9H,4-5,7H2,1-3H3,(H,15,16,17). The first kappa shape index (κ1) is 16.0. The van der Waals surface area contributed by atoms with E-state index >= 15 is 0 Å². The molecule has 1 unspecified atom stereocenters. The molecule has 3 rings (SSSR count). The zero-order valence-electron chi connectivity index (χ0n) is 13.8. The van der Waals surface area contributed by atoms with E-state index in [4.69, 9.17) is 14.2 Å². The summed E-state index contributed by atoms with van der Waals surface area (Å²) in [4.78, 5) is 22.8. The lowest BCUT2D eigenvalue weighted by atomic mass is 10.2. The van der Waals surface area contributed by atoms with Crippen LogP contribution in [0.5, 0.6) is 17.9 Å². The average molecular weight is 333 g/mol. The Kier molecular flexibility index (Phi) is 4.73. The van der Waals surface area contributed by atoms with Gasteiger partial charge in [0.25, 0.3) is 0 Å². The zero-order valence-corrected chi connectivity index (χ0v) is 13.8. The summed E-state index contributed by atoms with van der Waals surface area (Å²) in [6.07, 6.45) is 2.39. The van der Waals surface area contributed by atoms with Crippen molar-refractivity contribution in [1.82, 2.24) is 24.9 Å². The molecule has 0 aliphatic carbocycles. The van der Waals surface area contributed by atoms with Crippen molar-refractivity contribution in [2.24, 2.45) is 0 Å². The Bertz CT molecular complexity index is 678. The molecule has 3 heterocycles. The molecule has 0 aromatic carbocycles. The normalized spacial score (nSPS) is 16.8. The van der Waals surface area contributed by atoms with Crippen molar-refractivity contribution in [1.29, 1.82) is 0 Å². The fraction of sp³-hybridized carbons (Fsp3) is 0.500. The zero-order chi connectivity index (χ0) is 16.9. The van der Waals surface area contributed by atoms with Crippen molar-refractivity contribution in [3.63, 3.8) is 0 Å². The quantitative estimate of drug-likeness (QED) is 0.797. The van der Waals surface area contributed by atoms with Crippen molar-refractivity contribution in [2.45, 2.75) is 12.5 Å². The van der Waals surface area contributed by atoms with Gasteiger partial charge in [-0.05, 0) is 6.42 Å². The first-order valence-corrected chi connectivity index (χ1v) is 7.43. The van der Waals surface area contributed by atoms with Crippen LogP contribution in [0, 0.1) is 0 Å². The highest BCUT2D eigenvalue weighted by Gasteiger charge is 2.26. The van der Waals surface area contributed by atoms with Crippen LogP contribution in [0.4, 0.5) is 11.8 Å². The highest BCUT2D eigenvalue weighted by atomic mass is 16.5. The van der Waals surface area contributed by atoms with Crippen LogP contribution >= 0.6 is 0 Å². The molecule has 1 fully saturated rings. The van der Waals surface area contributed by atoms with Crippen LogP contribution in [0.2, 0.25) is 0 Å². The molecule has 1 saturated heterocycles. The van der Waals surface area contributed by atoms with Gasteiger partial charge >= 0.3 is 12.0 Å². The SMILES string of the molecule is COc1cc(NC2CCN(c3nc(OC)nc(OC)n3)C2)ncn1. The molecule has 10 heteroatoms. The van der Waals surface area contributed by atoms with Gasteiger partial charge in [0.1, 0.15) is 12.1 Å². The third-order valence-electron chi connectivity index (χ3n) is 3.62. The van der Waals surface area contributed by atoms with Gasteiger partial charge in [0.2, 0.25) is 11.8 Å². The third kappa shape index (κ3) is 3.53. The van der Waals surface area contributed by atoms with Crippen LogP contribution in [0.25, 0.3) is 0 Å². The predicted molar refractivity (Wildman–Crippen MR) is 85.8 cm³/mol. The Hall–Kier alpha value is -2.91. The number of ether oxygens (including phenoxy) is 3. The minimum Gasteiger partial charge on any atom is -0.481 e. The first-order valence-electron chi connectivity index (χ1n) is 7.43. The summed E-state index contributed by atoms with van der Waals surface area (Å²) in [6, 6.07) is 2.43. The smallest absolute Gasteiger partial charge is 0.324 e. The first-order chi connectivity index (χ1) is 11.7. The Morgan fingerprint density at radius 1 is 1.04 bits per heavy atom. The van der Waals surface area contributed by atoms with Crippen molar-refractivity contribution in [2.75, 3.05) is 44.6 Å². The Balaban J connectivity index is 1.68. The third-order valence-corrected chi connectivity index (χ3v) is 3.62. The number of methoxy groups -OCH3 is 3. The van der Waals surface area contributed by atoms with Gasteiger partial charge < -0.3 is 24.4 Å². The van der Waals surface area contributed by atoms with Gasteiger partial charge in [0, 0.05) is 25.2 Å². The molecule has 2 aromatic heterocycles. The summed E-state index contributed by atoms with van der Waals surface area (Å²) in [5.74, 6) is 1.78. The lowest BCUT2D eigenvalue weighted by molar-refractivity contribution is 0.340. The minimum absolute atomic E-state index is 0.207. The second-order valence-electron chi connectivity index (χ2n) is 5.13. The molecule has 1 N–H and O–H groups in total. The summed E-state index contributed by atoms with van der Waals surface area (Å²) < 4.78 is 15.3.